The van der Waals surface area contributed by atoms with Gasteiger partial charge >= 0.3 is 0 Å². The van der Waals surface area contributed by atoms with Gasteiger partial charge < -0.3 is 9.47 Å². The lowest BCUT2D eigenvalue weighted by molar-refractivity contribution is 0.114. The lowest BCUT2D eigenvalue weighted by Gasteiger charge is -2.28. The Hall–Kier alpha value is -3.39. The van der Waals surface area contributed by atoms with Gasteiger partial charge in [0.05, 0.1) is 11.5 Å². The fourth-order valence-corrected chi connectivity index (χ4v) is 6.26. The lowest BCUT2D eigenvalue weighted by Crippen LogP contribution is -2.29. The van der Waals surface area contributed by atoms with Crippen LogP contribution >= 0.6 is 0 Å². The summed E-state index contributed by atoms with van der Waals surface area (Å²) in [6.45, 7) is 0. The average molecular weight is 551 g/mol. The molecular weight excluding hydrogens is 518 g/mol. The molecule has 0 aromatic heterocycles. The van der Waals surface area contributed by atoms with Crippen molar-refractivity contribution in [1.82, 2.24) is 0 Å². The zero-order valence-electron chi connectivity index (χ0n) is 21.9. The van der Waals surface area contributed by atoms with Crippen molar-refractivity contribution in [2.45, 2.75) is 11.2 Å². The zero-order chi connectivity index (χ0) is 27.9. The third-order valence-corrected chi connectivity index (χ3v) is 8.66. The van der Waals surface area contributed by atoms with E-state index in [-0.39, 0.29) is 35.0 Å². The van der Waals surface area contributed by atoms with E-state index in [9.17, 15) is 17.2 Å². The molecule has 0 amide bonds. The number of ether oxygens (including phenoxy) is 2. The number of hydrogen-bond donors (Lipinski definition) is 0. The molecule has 2 aliphatic carbocycles. The molecule has 0 bridgehead atoms. The molecule has 4 rings (SSSR count). The number of methoxy groups -OCH3 is 2. The highest BCUT2D eigenvalue weighted by Gasteiger charge is 2.29. The Labute approximate surface area is 229 Å². The maximum Gasteiger partial charge on any atom is 0.152 e. The van der Waals surface area contributed by atoms with Crippen molar-refractivity contribution in [2.75, 3.05) is 25.7 Å². The first kappa shape index (κ1) is 28.6. The van der Waals surface area contributed by atoms with Crippen LogP contribution < -0.4 is 0 Å². The first-order valence-electron chi connectivity index (χ1n) is 12.6. The number of benzene rings is 2. The number of halogens is 2. The van der Waals surface area contributed by atoms with Gasteiger partial charge in [-0.1, -0.05) is 72.9 Å². The van der Waals surface area contributed by atoms with Gasteiger partial charge in [0.1, 0.15) is 22.8 Å². The number of rotatable bonds is 10. The quantitative estimate of drug-likeness (QED) is 0.323. The van der Waals surface area contributed by atoms with Crippen LogP contribution in [0.1, 0.15) is 11.1 Å². The van der Waals surface area contributed by atoms with E-state index in [0.29, 0.717) is 11.1 Å². The van der Waals surface area contributed by atoms with E-state index < -0.39 is 21.0 Å². The van der Waals surface area contributed by atoms with Gasteiger partial charge in [0, 0.05) is 37.2 Å². The topological polar surface area (TPSA) is 52.6 Å². The SMILES string of the molecule is COC1(/C=C/c2ccccc2F)C=CC(CS(=O)(=O)CC2C=CC(/C=C/c3ccccc3F)(OC)C=C2)C=C1. The van der Waals surface area contributed by atoms with Crippen LogP contribution in [0.3, 0.4) is 0 Å². The van der Waals surface area contributed by atoms with Crippen molar-refractivity contribution in [3.8, 4) is 0 Å². The van der Waals surface area contributed by atoms with Gasteiger partial charge in [-0.3, -0.25) is 0 Å². The highest BCUT2D eigenvalue weighted by molar-refractivity contribution is 7.91. The molecule has 7 heteroatoms. The molecule has 39 heavy (non-hydrogen) atoms. The molecule has 2 aromatic carbocycles. The summed E-state index contributed by atoms with van der Waals surface area (Å²) in [6, 6.07) is 12.9. The van der Waals surface area contributed by atoms with Crippen LogP contribution in [0.15, 0.2) is 109 Å². The van der Waals surface area contributed by atoms with Gasteiger partial charge in [-0.05, 0) is 48.6 Å². The lowest BCUT2D eigenvalue weighted by atomic mass is 9.92. The van der Waals surface area contributed by atoms with Crippen LogP contribution in [-0.2, 0) is 19.3 Å². The molecule has 0 radical (unpaired) electrons. The molecule has 4 nitrogen and oxygen atoms in total. The Kier molecular flexibility index (Phi) is 8.95. The van der Waals surface area contributed by atoms with Gasteiger partial charge in [-0.15, -0.1) is 0 Å². The zero-order valence-corrected chi connectivity index (χ0v) is 22.7. The van der Waals surface area contributed by atoms with E-state index in [1.54, 1.807) is 99.2 Å². The van der Waals surface area contributed by atoms with Gasteiger partial charge in [0.2, 0.25) is 0 Å². The first-order chi connectivity index (χ1) is 18.7. The minimum Gasteiger partial charge on any atom is -0.366 e. The monoisotopic (exact) mass is 550 g/mol. The molecule has 204 valence electrons. The van der Waals surface area contributed by atoms with Gasteiger partial charge in [-0.25, -0.2) is 17.2 Å². The second-order valence-electron chi connectivity index (χ2n) is 9.67. The molecular formula is C32H32F2O4S. The van der Waals surface area contributed by atoms with Crippen molar-refractivity contribution in [3.05, 3.63) is 132 Å². The van der Waals surface area contributed by atoms with Crippen LogP contribution in [0.2, 0.25) is 0 Å². The normalized spacial score (nSPS) is 26.7. The Morgan fingerprint density at radius 3 is 1.38 bits per heavy atom. The number of hydrogen-bond acceptors (Lipinski definition) is 4. The predicted octanol–water partition coefficient (Wildman–Crippen LogP) is 6.36. The van der Waals surface area contributed by atoms with Gasteiger partial charge in [-0.2, -0.15) is 0 Å². The van der Waals surface area contributed by atoms with Crippen LogP contribution in [0.5, 0.6) is 0 Å². The Morgan fingerprint density at radius 1 is 0.692 bits per heavy atom. The molecule has 0 fully saturated rings. The van der Waals surface area contributed by atoms with E-state index >= 15 is 0 Å². The van der Waals surface area contributed by atoms with Gasteiger partial charge in [0.15, 0.2) is 9.84 Å². The van der Waals surface area contributed by atoms with Crippen molar-refractivity contribution in [3.63, 3.8) is 0 Å². The molecule has 0 spiro atoms. The third kappa shape index (κ3) is 7.38. The summed E-state index contributed by atoms with van der Waals surface area (Å²) >= 11 is 0. The highest BCUT2D eigenvalue weighted by atomic mass is 32.2. The average Bonchev–Trinajstić information content (AvgIpc) is 2.94. The maximum atomic E-state index is 14.0. The third-order valence-electron chi connectivity index (χ3n) is 6.87. The van der Waals surface area contributed by atoms with Crippen LogP contribution in [-0.4, -0.2) is 45.3 Å². The summed E-state index contributed by atoms with van der Waals surface area (Å²) in [5.74, 6) is -1.36. The molecule has 0 N–H and O–H groups in total. The fourth-order valence-electron chi connectivity index (χ4n) is 4.50. The first-order valence-corrected chi connectivity index (χ1v) is 14.4. The Balaban J connectivity index is 1.37. The molecule has 2 aromatic rings. The summed E-state index contributed by atoms with van der Waals surface area (Å²) < 4.78 is 65.2. The summed E-state index contributed by atoms with van der Waals surface area (Å²) in [7, 11) is -0.320. The van der Waals surface area contributed by atoms with Crippen LogP contribution in [0.25, 0.3) is 12.2 Å². The van der Waals surface area contributed by atoms with Crippen molar-refractivity contribution in [1.29, 1.82) is 0 Å². The summed E-state index contributed by atoms with van der Waals surface area (Å²) in [5.41, 5.74) is -0.878. The standard InChI is InChI=1S/C32H32F2O4S/c1-37-31(21-15-27-7-3-5-9-29(27)33)17-11-25(12-18-31)23-39(35,36)24-26-13-19-32(38-2,20-14-26)22-16-28-8-4-6-10-30(28)34/h3-22,25-26H,23-24H2,1-2H3/b21-15+,22-16+. The van der Waals surface area contributed by atoms with Crippen molar-refractivity contribution in [2.24, 2.45) is 11.8 Å². The summed E-state index contributed by atoms with van der Waals surface area (Å²) in [6.07, 6.45) is 21.2. The smallest absolute Gasteiger partial charge is 0.152 e. The van der Waals surface area contributed by atoms with E-state index in [0.717, 1.165) is 0 Å². The fraction of sp³-hybridized carbons (Fsp3) is 0.250. The largest absolute Gasteiger partial charge is 0.366 e. The molecule has 2 aliphatic rings. The molecule has 0 saturated carbocycles. The van der Waals surface area contributed by atoms with Gasteiger partial charge in [0.25, 0.3) is 0 Å². The maximum absolute atomic E-state index is 14.0. The molecule has 0 saturated heterocycles. The van der Waals surface area contributed by atoms with Crippen LogP contribution in [0, 0.1) is 23.5 Å². The van der Waals surface area contributed by atoms with E-state index in [1.807, 2.05) is 24.3 Å². The van der Waals surface area contributed by atoms with E-state index in [4.69, 9.17) is 9.47 Å². The number of sulfone groups is 1. The molecule has 0 aliphatic heterocycles. The number of allylic oxidation sites excluding steroid dienone is 4. The highest BCUT2D eigenvalue weighted by Crippen LogP contribution is 2.28. The van der Waals surface area contributed by atoms with E-state index in [2.05, 4.69) is 0 Å². The summed E-state index contributed by atoms with van der Waals surface area (Å²) in [5, 5.41) is 0. The van der Waals surface area contributed by atoms with Crippen molar-refractivity contribution >= 4 is 22.0 Å². The van der Waals surface area contributed by atoms with Crippen molar-refractivity contribution < 1.29 is 26.7 Å². The minimum atomic E-state index is -3.41. The molecule has 0 unspecified atom stereocenters. The Morgan fingerprint density at radius 2 is 1.05 bits per heavy atom. The molecule has 0 heterocycles. The van der Waals surface area contributed by atoms with Crippen LogP contribution in [0.4, 0.5) is 8.78 Å². The second-order valence-corrected chi connectivity index (χ2v) is 11.8. The Bertz CT molecular complexity index is 1320. The summed E-state index contributed by atoms with van der Waals surface area (Å²) in [4.78, 5) is 0. The minimum absolute atomic E-state index is 0.0440. The van der Waals surface area contributed by atoms with E-state index in [1.165, 1.54) is 12.1 Å². The second kappa shape index (κ2) is 12.2. The molecule has 0 atom stereocenters. The predicted molar refractivity (Wildman–Crippen MR) is 153 cm³/mol.